The van der Waals surface area contributed by atoms with Crippen LogP contribution in [-0.2, 0) is 16.0 Å². The van der Waals surface area contributed by atoms with Gasteiger partial charge in [-0.05, 0) is 36.5 Å². The minimum absolute atomic E-state index is 0.0660. The molecule has 0 radical (unpaired) electrons. The van der Waals surface area contributed by atoms with Gasteiger partial charge in [-0.3, -0.25) is 4.79 Å². The maximum absolute atomic E-state index is 11.7. The lowest BCUT2D eigenvalue weighted by Crippen LogP contribution is -2.27. The van der Waals surface area contributed by atoms with Crippen molar-refractivity contribution in [3.8, 4) is 0 Å². The van der Waals surface area contributed by atoms with Crippen LogP contribution in [0.3, 0.4) is 0 Å². The van der Waals surface area contributed by atoms with E-state index in [9.17, 15) is 4.79 Å². The molecule has 3 nitrogen and oxygen atoms in total. The van der Waals surface area contributed by atoms with Crippen molar-refractivity contribution >= 4 is 17.5 Å². The quantitative estimate of drug-likeness (QED) is 0.890. The minimum Gasteiger partial charge on any atom is -0.381 e. The highest BCUT2D eigenvalue weighted by Gasteiger charge is 2.15. The fraction of sp³-hybridized carbons (Fsp3) is 0.500. The molecule has 1 aromatic carbocycles. The van der Waals surface area contributed by atoms with Crippen molar-refractivity contribution in [3.63, 3.8) is 0 Å². The fourth-order valence-electron chi connectivity index (χ4n) is 2.08. The summed E-state index contributed by atoms with van der Waals surface area (Å²) in [5, 5.41) is 3.64. The standard InChI is InChI=1S/C14H18ClNO2/c15-13-3-1-11(2-4-13)9-14(17)16-7-5-12-6-8-18-10-12/h1-4,12H,5-10H2,(H,16,17). The second kappa shape index (κ2) is 6.76. The fourth-order valence-corrected chi connectivity index (χ4v) is 2.20. The van der Waals surface area contributed by atoms with Crippen LogP contribution in [-0.4, -0.2) is 25.7 Å². The van der Waals surface area contributed by atoms with Crippen LogP contribution >= 0.6 is 11.6 Å². The van der Waals surface area contributed by atoms with E-state index in [4.69, 9.17) is 16.3 Å². The smallest absolute Gasteiger partial charge is 0.224 e. The number of halogens is 1. The third-order valence-corrected chi connectivity index (χ3v) is 3.43. The molecule has 98 valence electrons. The van der Waals surface area contributed by atoms with Gasteiger partial charge in [0.1, 0.15) is 0 Å². The van der Waals surface area contributed by atoms with Crippen molar-refractivity contribution in [2.45, 2.75) is 19.3 Å². The van der Waals surface area contributed by atoms with Crippen LogP contribution in [0, 0.1) is 5.92 Å². The van der Waals surface area contributed by atoms with Gasteiger partial charge in [-0.2, -0.15) is 0 Å². The van der Waals surface area contributed by atoms with Gasteiger partial charge in [0.25, 0.3) is 0 Å². The molecule has 2 rings (SSSR count). The van der Waals surface area contributed by atoms with Crippen LogP contribution in [0.4, 0.5) is 0 Å². The highest BCUT2D eigenvalue weighted by molar-refractivity contribution is 6.30. The van der Waals surface area contributed by atoms with Crippen LogP contribution in [0.1, 0.15) is 18.4 Å². The van der Waals surface area contributed by atoms with Gasteiger partial charge in [0, 0.05) is 24.8 Å². The molecule has 1 unspecified atom stereocenters. The summed E-state index contributed by atoms with van der Waals surface area (Å²) in [4.78, 5) is 11.7. The number of hydrogen-bond acceptors (Lipinski definition) is 2. The summed E-state index contributed by atoms with van der Waals surface area (Å²) in [5.41, 5.74) is 0.987. The summed E-state index contributed by atoms with van der Waals surface area (Å²) in [6, 6.07) is 7.37. The Bertz CT molecular complexity index is 385. The Morgan fingerprint density at radius 3 is 2.83 bits per heavy atom. The molecule has 1 atom stereocenters. The summed E-state index contributed by atoms with van der Waals surface area (Å²) in [5.74, 6) is 0.678. The summed E-state index contributed by atoms with van der Waals surface area (Å²) in [6.07, 6.45) is 2.54. The maximum Gasteiger partial charge on any atom is 0.224 e. The van der Waals surface area contributed by atoms with E-state index in [2.05, 4.69) is 5.32 Å². The molecular formula is C14H18ClNO2. The number of amides is 1. The highest BCUT2D eigenvalue weighted by Crippen LogP contribution is 2.15. The van der Waals surface area contributed by atoms with Crippen molar-refractivity contribution in [2.24, 2.45) is 5.92 Å². The van der Waals surface area contributed by atoms with Gasteiger partial charge in [-0.15, -0.1) is 0 Å². The Morgan fingerprint density at radius 1 is 1.39 bits per heavy atom. The number of benzene rings is 1. The van der Waals surface area contributed by atoms with Gasteiger partial charge in [-0.1, -0.05) is 23.7 Å². The number of nitrogens with one attached hydrogen (secondary N) is 1. The molecule has 0 saturated carbocycles. The largest absolute Gasteiger partial charge is 0.381 e. The molecule has 1 heterocycles. The summed E-state index contributed by atoms with van der Waals surface area (Å²) < 4.78 is 5.30. The van der Waals surface area contributed by atoms with Crippen molar-refractivity contribution in [1.29, 1.82) is 0 Å². The molecule has 18 heavy (non-hydrogen) atoms. The Labute approximate surface area is 112 Å². The molecule has 1 N–H and O–H groups in total. The molecule has 0 bridgehead atoms. The van der Waals surface area contributed by atoms with Crippen molar-refractivity contribution in [2.75, 3.05) is 19.8 Å². The molecule has 1 aromatic rings. The average Bonchev–Trinajstić information content (AvgIpc) is 2.85. The molecule has 1 fully saturated rings. The first-order valence-corrected chi connectivity index (χ1v) is 6.71. The zero-order chi connectivity index (χ0) is 12.8. The monoisotopic (exact) mass is 267 g/mol. The zero-order valence-electron chi connectivity index (χ0n) is 10.3. The SMILES string of the molecule is O=C(Cc1ccc(Cl)cc1)NCCC1CCOC1. The first-order chi connectivity index (χ1) is 8.74. The molecule has 1 aliphatic rings. The van der Waals surface area contributed by atoms with Crippen molar-refractivity contribution in [1.82, 2.24) is 5.32 Å². The molecule has 0 spiro atoms. The first-order valence-electron chi connectivity index (χ1n) is 6.33. The average molecular weight is 268 g/mol. The van der Waals surface area contributed by atoms with Crippen LogP contribution in [0.2, 0.25) is 5.02 Å². The normalized spacial score (nSPS) is 18.8. The lowest BCUT2D eigenvalue weighted by molar-refractivity contribution is -0.120. The molecule has 1 aliphatic heterocycles. The number of hydrogen-bond donors (Lipinski definition) is 1. The lowest BCUT2D eigenvalue weighted by Gasteiger charge is -2.08. The van der Waals surface area contributed by atoms with E-state index in [0.717, 1.165) is 38.2 Å². The van der Waals surface area contributed by atoms with Gasteiger partial charge in [0.2, 0.25) is 5.91 Å². The van der Waals surface area contributed by atoms with Crippen LogP contribution in [0.5, 0.6) is 0 Å². The van der Waals surface area contributed by atoms with Crippen LogP contribution < -0.4 is 5.32 Å². The van der Waals surface area contributed by atoms with Gasteiger partial charge >= 0.3 is 0 Å². The van der Waals surface area contributed by atoms with Gasteiger partial charge in [0.05, 0.1) is 6.42 Å². The van der Waals surface area contributed by atoms with Crippen LogP contribution in [0.15, 0.2) is 24.3 Å². The minimum atomic E-state index is 0.0660. The van der Waals surface area contributed by atoms with E-state index in [1.54, 1.807) is 12.1 Å². The van der Waals surface area contributed by atoms with Gasteiger partial charge < -0.3 is 10.1 Å². The highest BCUT2D eigenvalue weighted by atomic mass is 35.5. The van der Waals surface area contributed by atoms with Gasteiger partial charge in [0.15, 0.2) is 0 Å². The summed E-state index contributed by atoms with van der Waals surface area (Å²) >= 11 is 5.79. The second-order valence-electron chi connectivity index (χ2n) is 4.67. The second-order valence-corrected chi connectivity index (χ2v) is 5.11. The Kier molecular flexibility index (Phi) is 5.02. The number of ether oxygens (including phenoxy) is 1. The molecule has 0 aliphatic carbocycles. The lowest BCUT2D eigenvalue weighted by atomic mass is 10.1. The number of rotatable bonds is 5. The first kappa shape index (κ1) is 13.4. The predicted octanol–water partition coefficient (Wildman–Crippen LogP) is 2.43. The van der Waals surface area contributed by atoms with E-state index in [1.807, 2.05) is 12.1 Å². The summed E-state index contributed by atoms with van der Waals surface area (Å²) in [6.45, 7) is 2.44. The van der Waals surface area contributed by atoms with Crippen molar-refractivity contribution in [3.05, 3.63) is 34.9 Å². The van der Waals surface area contributed by atoms with E-state index >= 15 is 0 Å². The predicted molar refractivity (Wildman–Crippen MR) is 71.7 cm³/mol. The van der Waals surface area contributed by atoms with E-state index in [1.165, 1.54) is 0 Å². The van der Waals surface area contributed by atoms with Crippen LogP contribution in [0.25, 0.3) is 0 Å². The number of carbonyl (C=O) groups excluding carboxylic acids is 1. The third-order valence-electron chi connectivity index (χ3n) is 3.18. The molecule has 4 heteroatoms. The maximum atomic E-state index is 11.7. The summed E-state index contributed by atoms with van der Waals surface area (Å²) in [7, 11) is 0. The number of carbonyl (C=O) groups is 1. The third kappa shape index (κ3) is 4.31. The van der Waals surface area contributed by atoms with Crippen molar-refractivity contribution < 1.29 is 9.53 Å². The zero-order valence-corrected chi connectivity index (χ0v) is 11.1. The van der Waals surface area contributed by atoms with E-state index in [0.29, 0.717) is 17.4 Å². The topological polar surface area (TPSA) is 38.3 Å². The molecular weight excluding hydrogens is 250 g/mol. The molecule has 1 amide bonds. The Balaban J connectivity index is 1.66. The Morgan fingerprint density at radius 2 is 2.17 bits per heavy atom. The van der Waals surface area contributed by atoms with E-state index < -0.39 is 0 Å². The molecule has 0 aromatic heterocycles. The Hall–Kier alpha value is -1.06. The van der Waals surface area contributed by atoms with Gasteiger partial charge in [-0.25, -0.2) is 0 Å². The molecule has 1 saturated heterocycles. The van der Waals surface area contributed by atoms with E-state index in [-0.39, 0.29) is 5.91 Å².